The Bertz CT molecular complexity index is 259. The van der Waals surface area contributed by atoms with Crippen LogP contribution in [0, 0.1) is 5.92 Å². The van der Waals surface area contributed by atoms with E-state index < -0.39 is 0 Å². The summed E-state index contributed by atoms with van der Waals surface area (Å²) in [4.78, 5) is 13.4. The van der Waals surface area contributed by atoms with Gasteiger partial charge < -0.3 is 15.0 Å². The van der Waals surface area contributed by atoms with Crippen LogP contribution in [0.25, 0.3) is 0 Å². The minimum absolute atomic E-state index is 0.198. The molecular formula is C11H18N2O2. The van der Waals surface area contributed by atoms with Crippen molar-refractivity contribution in [2.75, 3.05) is 26.7 Å². The van der Waals surface area contributed by atoms with Gasteiger partial charge in [-0.15, -0.1) is 0 Å². The molecule has 0 saturated carbocycles. The van der Waals surface area contributed by atoms with Gasteiger partial charge in [-0.1, -0.05) is 12.2 Å². The highest BCUT2D eigenvalue weighted by Gasteiger charge is 2.33. The van der Waals surface area contributed by atoms with Crippen molar-refractivity contribution in [2.24, 2.45) is 5.92 Å². The van der Waals surface area contributed by atoms with Crippen molar-refractivity contribution in [3.63, 3.8) is 0 Å². The van der Waals surface area contributed by atoms with E-state index in [1.807, 2.05) is 11.0 Å². The predicted molar refractivity (Wildman–Crippen MR) is 57.6 cm³/mol. The molecule has 2 aliphatic rings. The number of hydrogen-bond donors (Lipinski definition) is 1. The molecule has 1 amide bonds. The van der Waals surface area contributed by atoms with E-state index in [4.69, 9.17) is 4.74 Å². The highest BCUT2D eigenvalue weighted by molar-refractivity contribution is 5.68. The van der Waals surface area contributed by atoms with Crippen LogP contribution in [0.3, 0.4) is 0 Å². The summed E-state index contributed by atoms with van der Waals surface area (Å²) in [5.41, 5.74) is 0. The van der Waals surface area contributed by atoms with E-state index in [9.17, 15) is 4.79 Å². The van der Waals surface area contributed by atoms with Crippen molar-refractivity contribution in [1.82, 2.24) is 10.2 Å². The number of amides is 1. The first-order chi connectivity index (χ1) is 7.33. The van der Waals surface area contributed by atoms with Crippen LogP contribution in [0.5, 0.6) is 0 Å². The third kappa shape index (κ3) is 2.15. The molecule has 2 unspecified atom stereocenters. The van der Waals surface area contributed by atoms with Gasteiger partial charge in [-0.3, -0.25) is 0 Å². The minimum Gasteiger partial charge on any atom is -0.453 e. The third-order valence-corrected chi connectivity index (χ3v) is 3.30. The molecule has 1 saturated heterocycles. The van der Waals surface area contributed by atoms with Crippen LogP contribution in [-0.2, 0) is 4.74 Å². The number of hydrogen-bond acceptors (Lipinski definition) is 3. The zero-order valence-electron chi connectivity index (χ0n) is 9.11. The van der Waals surface area contributed by atoms with Crippen LogP contribution in [0.4, 0.5) is 4.79 Å². The van der Waals surface area contributed by atoms with Crippen molar-refractivity contribution >= 4 is 6.09 Å². The molecular weight excluding hydrogens is 192 g/mol. The van der Waals surface area contributed by atoms with Crippen LogP contribution in [-0.4, -0.2) is 43.8 Å². The molecule has 1 N–H and O–H groups in total. The van der Waals surface area contributed by atoms with E-state index in [0.717, 1.165) is 25.9 Å². The zero-order valence-corrected chi connectivity index (χ0v) is 9.11. The van der Waals surface area contributed by atoms with Crippen molar-refractivity contribution in [3.8, 4) is 0 Å². The van der Waals surface area contributed by atoms with E-state index in [1.54, 1.807) is 0 Å². The van der Waals surface area contributed by atoms with Crippen molar-refractivity contribution in [1.29, 1.82) is 0 Å². The summed E-state index contributed by atoms with van der Waals surface area (Å²) >= 11 is 0. The first-order valence-electron chi connectivity index (χ1n) is 5.53. The van der Waals surface area contributed by atoms with Gasteiger partial charge >= 0.3 is 6.09 Å². The molecule has 2 rings (SSSR count). The quantitative estimate of drug-likeness (QED) is 0.656. The SMILES string of the molecule is COC(=O)N1CC=CCC1C1CCNC1. The fourth-order valence-corrected chi connectivity index (χ4v) is 2.47. The lowest BCUT2D eigenvalue weighted by Gasteiger charge is -2.35. The zero-order chi connectivity index (χ0) is 10.7. The summed E-state index contributed by atoms with van der Waals surface area (Å²) in [7, 11) is 1.45. The molecule has 0 bridgehead atoms. The highest BCUT2D eigenvalue weighted by Crippen LogP contribution is 2.24. The Labute approximate surface area is 90.3 Å². The third-order valence-electron chi connectivity index (χ3n) is 3.30. The van der Waals surface area contributed by atoms with E-state index in [1.165, 1.54) is 7.11 Å². The number of rotatable bonds is 1. The largest absolute Gasteiger partial charge is 0.453 e. The van der Waals surface area contributed by atoms with Crippen LogP contribution in [0.2, 0.25) is 0 Å². The molecule has 0 aromatic rings. The lowest BCUT2D eigenvalue weighted by Crippen LogP contribution is -2.46. The fourth-order valence-electron chi connectivity index (χ4n) is 2.47. The van der Waals surface area contributed by atoms with Gasteiger partial charge in [0.05, 0.1) is 7.11 Å². The Hall–Kier alpha value is -1.03. The summed E-state index contributed by atoms with van der Waals surface area (Å²) in [6, 6.07) is 0.317. The summed E-state index contributed by atoms with van der Waals surface area (Å²) in [6.45, 7) is 2.78. The summed E-state index contributed by atoms with van der Waals surface area (Å²) in [6.07, 6.45) is 6.13. The summed E-state index contributed by atoms with van der Waals surface area (Å²) in [5.74, 6) is 0.578. The van der Waals surface area contributed by atoms with Crippen LogP contribution >= 0.6 is 0 Å². The Morgan fingerprint density at radius 2 is 2.40 bits per heavy atom. The van der Waals surface area contributed by atoms with Crippen molar-refractivity contribution in [3.05, 3.63) is 12.2 Å². The molecule has 0 radical (unpaired) electrons. The Kier molecular flexibility index (Phi) is 3.26. The number of nitrogens with one attached hydrogen (secondary N) is 1. The standard InChI is InChI=1S/C11H18N2O2/c1-15-11(14)13-7-3-2-4-10(13)9-5-6-12-8-9/h2-3,9-10,12H,4-8H2,1H3. The van der Waals surface area contributed by atoms with Crippen molar-refractivity contribution < 1.29 is 9.53 Å². The second-order valence-corrected chi connectivity index (χ2v) is 4.15. The molecule has 0 aliphatic carbocycles. The van der Waals surface area contributed by atoms with Gasteiger partial charge in [0.15, 0.2) is 0 Å². The Morgan fingerprint density at radius 1 is 1.53 bits per heavy atom. The molecule has 2 heterocycles. The van der Waals surface area contributed by atoms with Crippen LogP contribution in [0.1, 0.15) is 12.8 Å². The summed E-state index contributed by atoms with van der Waals surface area (Å²) in [5, 5.41) is 3.34. The average molecular weight is 210 g/mol. The Morgan fingerprint density at radius 3 is 3.07 bits per heavy atom. The van der Waals surface area contributed by atoms with Crippen LogP contribution in [0.15, 0.2) is 12.2 Å². The smallest absolute Gasteiger partial charge is 0.410 e. The molecule has 84 valence electrons. The fraction of sp³-hybridized carbons (Fsp3) is 0.727. The molecule has 2 aliphatic heterocycles. The maximum absolute atomic E-state index is 11.6. The maximum Gasteiger partial charge on any atom is 0.410 e. The van der Waals surface area contributed by atoms with E-state index in [2.05, 4.69) is 11.4 Å². The van der Waals surface area contributed by atoms with E-state index in [-0.39, 0.29) is 6.09 Å². The number of nitrogens with zero attached hydrogens (tertiary/aromatic N) is 1. The maximum atomic E-state index is 11.6. The minimum atomic E-state index is -0.198. The second-order valence-electron chi connectivity index (χ2n) is 4.15. The first-order valence-corrected chi connectivity index (χ1v) is 5.53. The molecule has 0 aromatic heterocycles. The second kappa shape index (κ2) is 4.66. The lowest BCUT2D eigenvalue weighted by molar-refractivity contribution is 0.0940. The molecule has 4 nitrogen and oxygen atoms in total. The molecule has 1 fully saturated rings. The average Bonchev–Trinajstić information content (AvgIpc) is 2.81. The predicted octanol–water partition coefficient (Wildman–Crippen LogP) is 0.993. The monoisotopic (exact) mass is 210 g/mol. The van der Waals surface area contributed by atoms with Gasteiger partial charge in [-0.2, -0.15) is 0 Å². The normalized spacial score (nSPS) is 30.6. The van der Waals surface area contributed by atoms with Gasteiger partial charge in [0, 0.05) is 12.6 Å². The van der Waals surface area contributed by atoms with E-state index in [0.29, 0.717) is 18.5 Å². The number of ether oxygens (including phenoxy) is 1. The Balaban J connectivity index is 2.05. The molecule has 4 heteroatoms. The number of carbonyl (C=O) groups is 1. The molecule has 15 heavy (non-hydrogen) atoms. The highest BCUT2D eigenvalue weighted by atomic mass is 16.5. The van der Waals surface area contributed by atoms with Gasteiger partial charge in [-0.05, 0) is 31.8 Å². The van der Waals surface area contributed by atoms with E-state index >= 15 is 0 Å². The van der Waals surface area contributed by atoms with Gasteiger partial charge in [-0.25, -0.2) is 4.79 Å². The molecule has 2 atom stereocenters. The van der Waals surface area contributed by atoms with Gasteiger partial charge in [0.2, 0.25) is 0 Å². The first kappa shape index (κ1) is 10.5. The lowest BCUT2D eigenvalue weighted by atomic mass is 9.93. The summed E-state index contributed by atoms with van der Waals surface area (Å²) < 4.78 is 4.81. The van der Waals surface area contributed by atoms with Gasteiger partial charge in [0.25, 0.3) is 0 Å². The van der Waals surface area contributed by atoms with Crippen LogP contribution < -0.4 is 5.32 Å². The number of methoxy groups -OCH3 is 1. The van der Waals surface area contributed by atoms with Gasteiger partial charge in [0.1, 0.15) is 0 Å². The molecule has 0 spiro atoms. The van der Waals surface area contributed by atoms with Crippen molar-refractivity contribution in [2.45, 2.75) is 18.9 Å². The molecule has 0 aromatic carbocycles. The number of carbonyl (C=O) groups excluding carboxylic acids is 1. The topological polar surface area (TPSA) is 41.6 Å².